The summed E-state index contributed by atoms with van der Waals surface area (Å²) in [5.74, 6) is 0. The first-order chi connectivity index (χ1) is 13.5. The first-order valence-corrected chi connectivity index (χ1v) is 9.63. The highest BCUT2D eigenvalue weighted by molar-refractivity contribution is 5.69. The largest absolute Gasteiger partial charge is 0.444 e. The summed E-state index contributed by atoms with van der Waals surface area (Å²) >= 11 is 0. The maximum Gasteiger partial charge on any atom is 0.416 e. The molecule has 1 aliphatic heterocycles. The summed E-state index contributed by atoms with van der Waals surface area (Å²) in [6.07, 6.45) is -1.87. The molecule has 158 valence electrons. The number of imidazole rings is 1. The molecule has 1 aromatic heterocycles. The second kappa shape index (κ2) is 7.72. The van der Waals surface area contributed by atoms with Gasteiger partial charge in [0, 0.05) is 13.1 Å². The summed E-state index contributed by atoms with van der Waals surface area (Å²) in [5, 5.41) is 0. The van der Waals surface area contributed by atoms with Gasteiger partial charge < -0.3 is 9.30 Å². The Hall–Kier alpha value is -2.51. The third kappa shape index (κ3) is 4.92. The van der Waals surface area contributed by atoms with Gasteiger partial charge in [0.2, 0.25) is 0 Å². The number of ether oxygens (including phenoxy) is 1. The van der Waals surface area contributed by atoms with Gasteiger partial charge in [-0.05, 0) is 58.2 Å². The normalized spacial score (nSPS) is 17.2. The molecule has 1 atom stereocenters. The fourth-order valence-corrected chi connectivity index (χ4v) is 3.62. The summed E-state index contributed by atoms with van der Waals surface area (Å²) in [5.41, 5.74) is 1.31. The van der Waals surface area contributed by atoms with Crippen molar-refractivity contribution >= 4 is 6.09 Å². The number of fused-ring (bicyclic) bond motifs is 1. The Morgan fingerprint density at radius 2 is 1.83 bits per heavy atom. The van der Waals surface area contributed by atoms with Gasteiger partial charge in [-0.15, -0.1) is 0 Å². The molecule has 0 saturated heterocycles. The quantitative estimate of drug-likeness (QED) is 0.706. The van der Waals surface area contributed by atoms with Crippen LogP contribution in [0.5, 0.6) is 0 Å². The molecular weight excluding hydrogens is 383 g/mol. The smallest absolute Gasteiger partial charge is 0.416 e. The Morgan fingerprint density at radius 3 is 2.41 bits per heavy atom. The second-order valence-corrected chi connectivity index (χ2v) is 8.33. The van der Waals surface area contributed by atoms with Crippen molar-refractivity contribution in [2.75, 3.05) is 6.54 Å². The molecule has 8 heteroatoms. The first-order valence-electron chi connectivity index (χ1n) is 9.63. The van der Waals surface area contributed by atoms with Crippen LogP contribution in [0.2, 0.25) is 0 Å². The lowest BCUT2D eigenvalue weighted by Gasteiger charge is -2.38. The Kier molecular flexibility index (Phi) is 5.65. The fourth-order valence-electron chi connectivity index (χ4n) is 3.62. The molecule has 0 fully saturated rings. The molecule has 0 unspecified atom stereocenters. The van der Waals surface area contributed by atoms with Crippen molar-refractivity contribution in [1.29, 1.82) is 0 Å². The van der Waals surface area contributed by atoms with Crippen LogP contribution in [0.4, 0.5) is 18.0 Å². The molecule has 0 bridgehead atoms. The van der Waals surface area contributed by atoms with Crippen molar-refractivity contribution in [2.24, 2.45) is 0 Å². The van der Waals surface area contributed by atoms with Crippen molar-refractivity contribution < 1.29 is 22.7 Å². The van der Waals surface area contributed by atoms with Gasteiger partial charge in [-0.1, -0.05) is 12.1 Å². The standard InChI is InChI=1S/C21H26F3N3O2/c1-14-18-17(10-7-15-5-8-16(9-6-15)21(22,23)24)27(12-11-26(18)13-25-14)19(28)29-20(2,3)4/h5-6,8-9,13,17H,7,10-12H2,1-4H3/t17-/m1/s1. The molecule has 0 radical (unpaired) electrons. The number of aryl methyl sites for hydroxylation is 2. The molecule has 1 amide bonds. The molecule has 1 aliphatic rings. The molecule has 1 aromatic carbocycles. The number of amides is 1. The number of hydrogen-bond donors (Lipinski definition) is 0. The van der Waals surface area contributed by atoms with E-state index in [0.717, 1.165) is 29.1 Å². The van der Waals surface area contributed by atoms with Crippen LogP contribution in [0.3, 0.4) is 0 Å². The molecule has 0 saturated carbocycles. The monoisotopic (exact) mass is 409 g/mol. The van der Waals surface area contributed by atoms with Crippen molar-refractivity contribution in [3.63, 3.8) is 0 Å². The maximum atomic E-state index is 12.8. The lowest BCUT2D eigenvalue weighted by atomic mass is 9.98. The van der Waals surface area contributed by atoms with Crippen LogP contribution in [0.15, 0.2) is 30.6 Å². The van der Waals surface area contributed by atoms with Gasteiger partial charge in [-0.25, -0.2) is 9.78 Å². The first kappa shape index (κ1) is 21.2. The number of halogens is 3. The van der Waals surface area contributed by atoms with E-state index in [1.165, 1.54) is 12.1 Å². The number of alkyl halides is 3. The Balaban J connectivity index is 1.80. The number of aromatic nitrogens is 2. The summed E-state index contributed by atoms with van der Waals surface area (Å²) in [7, 11) is 0. The van der Waals surface area contributed by atoms with E-state index >= 15 is 0 Å². The lowest BCUT2D eigenvalue weighted by Crippen LogP contribution is -2.44. The lowest BCUT2D eigenvalue weighted by molar-refractivity contribution is -0.137. The minimum absolute atomic E-state index is 0.247. The number of rotatable bonds is 3. The molecule has 29 heavy (non-hydrogen) atoms. The predicted octanol–water partition coefficient (Wildman–Crippen LogP) is 5.13. The van der Waals surface area contributed by atoms with Crippen molar-refractivity contribution in [2.45, 2.75) is 64.9 Å². The van der Waals surface area contributed by atoms with E-state index < -0.39 is 17.3 Å². The van der Waals surface area contributed by atoms with Crippen LogP contribution >= 0.6 is 0 Å². The molecule has 3 rings (SSSR count). The third-order valence-electron chi connectivity index (χ3n) is 4.96. The van der Waals surface area contributed by atoms with E-state index in [2.05, 4.69) is 4.98 Å². The van der Waals surface area contributed by atoms with E-state index in [0.29, 0.717) is 25.9 Å². The minimum atomic E-state index is -4.35. The topological polar surface area (TPSA) is 47.4 Å². The number of nitrogens with zero attached hydrogens (tertiary/aromatic N) is 3. The minimum Gasteiger partial charge on any atom is -0.444 e. The van der Waals surface area contributed by atoms with Crippen LogP contribution in [0.1, 0.15) is 55.7 Å². The van der Waals surface area contributed by atoms with Crippen molar-refractivity contribution in [3.8, 4) is 0 Å². The summed E-state index contributed by atoms with van der Waals surface area (Å²) in [6.45, 7) is 8.49. The number of carbonyl (C=O) groups is 1. The van der Waals surface area contributed by atoms with Gasteiger partial charge in [-0.2, -0.15) is 13.2 Å². The van der Waals surface area contributed by atoms with Gasteiger partial charge in [0.1, 0.15) is 5.60 Å². The Labute approximate surface area is 168 Å². The average Bonchev–Trinajstić information content (AvgIpc) is 2.99. The van der Waals surface area contributed by atoms with Crippen LogP contribution in [-0.4, -0.2) is 32.7 Å². The Bertz CT molecular complexity index is 867. The number of benzene rings is 1. The third-order valence-corrected chi connectivity index (χ3v) is 4.96. The van der Waals surface area contributed by atoms with E-state index in [-0.39, 0.29) is 12.1 Å². The zero-order valence-corrected chi connectivity index (χ0v) is 17.1. The summed E-state index contributed by atoms with van der Waals surface area (Å²) < 4.78 is 45.9. The molecule has 0 N–H and O–H groups in total. The van der Waals surface area contributed by atoms with Gasteiger partial charge in [0.05, 0.1) is 29.3 Å². The molecule has 0 spiro atoms. The fraction of sp³-hybridized carbons (Fsp3) is 0.524. The van der Waals surface area contributed by atoms with E-state index in [1.807, 2.05) is 32.3 Å². The second-order valence-electron chi connectivity index (χ2n) is 8.33. The molecule has 2 aromatic rings. The van der Waals surface area contributed by atoms with Gasteiger partial charge in [0.25, 0.3) is 0 Å². The van der Waals surface area contributed by atoms with Crippen molar-refractivity contribution in [3.05, 3.63) is 53.1 Å². The molecule has 2 heterocycles. The molecule has 0 aliphatic carbocycles. The predicted molar refractivity (Wildman–Crippen MR) is 102 cm³/mol. The zero-order chi connectivity index (χ0) is 21.4. The highest BCUT2D eigenvalue weighted by Crippen LogP contribution is 2.34. The van der Waals surface area contributed by atoms with Crippen LogP contribution in [0, 0.1) is 6.92 Å². The van der Waals surface area contributed by atoms with E-state index in [9.17, 15) is 18.0 Å². The van der Waals surface area contributed by atoms with Gasteiger partial charge in [-0.3, -0.25) is 4.90 Å². The number of hydrogen-bond acceptors (Lipinski definition) is 3. The highest BCUT2D eigenvalue weighted by Gasteiger charge is 2.35. The SMILES string of the molecule is Cc1ncn2c1[C@@H](CCc1ccc(C(F)(F)F)cc1)N(C(=O)OC(C)(C)C)CC2. The van der Waals surface area contributed by atoms with E-state index in [1.54, 1.807) is 11.2 Å². The average molecular weight is 409 g/mol. The van der Waals surface area contributed by atoms with Crippen LogP contribution in [0.25, 0.3) is 0 Å². The maximum absolute atomic E-state index is 12.8. The van der Waals surface area contributed by atoms with Crippen LogP contribution in [-0.2, 0) is 23.9 Å². The summed E-state index contributed by atoms with van der Waals surface area (Å²) in [6, 6.07) is 4.93. The van der Waals surface area contributed by atoms with Gasteiger partial charge in [0.15, 0.2) is 0 Å². The van der Waals surface area contributed by atoms with Crippen molar-refractivity contribution in [1.82, 2.24) is 14.5 Å². The van der Waals surface area contributed by atoms with Crippen LogP contribution < -0.4 is 0 Å². The molecular formula is C21H26F3N3O2. The number of carbonyl (C=O) groups excluding carboxylic acids is 1. The highest BCUT2D eigenvalue weighted by atomic mass is 19.4. The Morgan fingerprint density at radius 1 is 1.17 bits per heavy atom. The zero-order valence-electron chi connectivity index (χ0n) is 17.1. The van der Waals surface area contributed by atoms with E-state index in [4.69, 9.17) is 4.74 Å². The van der Waals surface area contributed by atoms with Gasteiger partial charge >= 0.3 is 12.3 Å². The summed E-state index contributed by atoms with van der Waals surface area (Å²) in [4.78, 5) is 18.9. The molecule has 5 nitrogen and oxygen atoms in total.